The van der Waals surface area contributed by atoms with Crippen molar-refractivity contribution in [1.82, 2.24) is 0 Å². The fourth-order valence-corrected chi connectivity index (χ4v) is 8.23. The fraction of sp³-hybridized carbons (Fsp3) is 0.0612. The third-order valence-corrected chi connectivity index (χ3v) is 10.8. The van der Waals surface area contributed by atoms with Crippen molar-refractivity contribution in [2.24, 2.45) is 0 Å². The van der Waals surface area contributed by atoms with Crippen LogP contribution in [0.2, 0.25) is 0 Å². The Hall–Kier alpha value is -6.58. The van der Waals surface area contributed by atoms with Gasteiger partial charge in [-0.15, -0.1) is 0 Å². The highest BCUT2D eigenvalue weighted by Gasteiger charge is 2.42. The van der Waals surface area contributed by atoms with E-state index in [1.165, 1.54) is 38.7 Å². The maximum Gasteiger partial charge on any atom is 0.159 e. The molecule has 0 bridgehead atoms. The van der Waals surface area contributed by atoms with Crippen LogP contribution in [0.15, 0.2) is 182 Å². The highest BCUT2D eigenvalue weighted by molar-refractivity contribution is 6.07. The van der Waals surface area contributed by atoms with Crippen LogP contribution in [0.3, 0.4) is 0 Å². The van der Waals surface area contributed by atoms with Gasteiger partial charge in [0, 0.05) is 33.4 Å². The third-order valence-electron chi connectivity index (χ3n) is 10.8. The van der Waals surface area contributed by atoms with Crippen molar-refractivity contribution in [3.05, 3.63) is 193 Å². The molecule has 0 radical (unpaired) electrons. The van der Waals surface area contributed by atoms with Crippen LogP contribution in [0.5, 0.6) is 11.5 Å². The summed E-state index contributed by atoms with van der Waals surface area (Å²) in [6.07, 6.45) is 0. The average Bonchev–Trinajstić information content (AvgIpc) is 3.20. The molecular weight excluding hydrogens is 633 g/mol. The Morgan fingerprint density at radius 1 is 0.462 bits per heavy atom. The smallest absolute Gasteiger partial charge is 0.159 e. The standard InChI is InChI=1S/C49H36N2O/c1-49(2)42-19-11-12-20-44(42)51-46-40-18-10-9-15-35(40)25-32-45(46)52-48-41(30-31-43(49)47(48)51)36-23-28-39(29-24-36)50(37-16-7-4-8-17-37)38-26-21-34(22-27-38)33-13-5-3-6-14-33/h3-32H,1-2H3. The van der Waals surface area contributed by atoms with Crippen LogP contribution in [0, 0.1) is 0 Å². The van der Waals surface area contributed by atoms with Gasteiger partial charge in [0.05, 0.1) is 17.1 Å². The van der Waals surface area contributed by atoms with E-state index in [9.17, 15) is 0 Å². The Kier molecular flexibility index (Phi) is 6.84. The van der Waals surface area contributed by atoms with Crippen LogP contribution in [0.25, 0.3) is 33.0 Å². The van der Waals surface area contributed by atoms with Crippen LogP contribution >= 0.6 is 0 Å². The molecular formula is C49H36N2O. The minimum atomic E-state index is -0.211. The quantitative estimate of drug-likeness (QED) is 0.182. The van der Waals surface area contributed by atoms with Gasteiger partial charge in [0.1, 0.15) is 0 Å². The molecule has 10 rings (SSSR count). The largest absolute Gasteiger partial charge is 0.452 e. The lowest BCUT2D eigenvalue weighted by Crippen LogP contribution is -2.32. The number of benzene rings is 8. The number of ether oxygens (including phenoxy) is 1. The van der Waals surface area contributed by atoms with Crippen molar-refractivity contribution in [1.29, 1.82) is 0 Å². The van der Waals surface area contributed by atoms with Gasteiger partial charge in [-0.2, -0.15) is 0 Å². The summed E-state index contributed by atoms with van der Waals surface area (Å²) in [5.74, 6) is 1.76. The van der Waals surface area contributed by atoms with Crippen molar-refractivity contribution in [2.45, 2.75) is 19.3 Å². The van der Waals surface area contributed by atoms with E-state index >= 15 is 0 Å². The third kappa shape index (κ3) is 4.66. The van der Waals surface area contributed by atoms with Gasteiger partial charge in [0.2, 0.25) is 0 Å². The number of hydrogen-bond acceptors (Lipinski definition) is 3. The zero-order valence-electron chi connectivity index (χ0n) is 29.1. The fourth-order valence-electron chi connectivity index (χ4n) is 8.23. The summed E-state index contributed by atoms with van der Waals surface area (Å²) in [5, 5.41) is 2.38. The lowest BCUT2D eigenvalue weighted by Gasteiger charge is -2.45. The van der Waals surface area contributed by atoms with Gasteiger partial charge in [-0.3, -0.25) is 0 Å². The predicted octanol–water partition coefficient (Wildman–Crippen LogP) is 13.9. The normalized spacial score (nSPS) is 13.5. The molecule has 8 aromatic rings. The number of hydrogen-bond donors (Lipinski definition) is 0. The maximum absolute atomic E-state index is 7.04. The van der Waals surface area contributed by atoms with Crippen molar-refractivity contribution >= 4 is 44.9 Å². The molecule has 3 heteroatoms. The molecule has 0 saturated heterocycles. The zero-order valence-corrected chi connectivity index (χ0v) is 29.1. The lowest BCUT2D eigenvalue weighted by molar-refractivity contribution is 0.474. The van der Waals surface area contributed by atoms with Crippen molar-refractivity contribution < 1.29 is 4.74 Å². The Morgan fingerprint density at radius 3 is 1.81 bits per heavy atom. The molecule has 0 spiro atoms. The molecule has 0 fully saturated rings. The SMILES string of the molecule is CC1(C)c2ccccc2N2c3c1ccc(-c1ccc(N(c4ccccc4)c4ccc(-c5ccccc5)cc4)cc1)c3Oc1ccc3ccccc3c12. The molecule has 0 amide bonds. The zero-order chi connectivity index (χ0) is 34.8. The van der Waals surface area contributed by atoms with Crippen LogP contribution in [0.4, 0.5) is 34.1 Å². The van der Waals surface area contributed by atoms with Crippen molar-refractivity contribution in [3.8, 4) is 33.8 Å². The highest BCUT2D eigenvalue weighted by Crippen LogP contribution is 2.62. The molecule has 248 valence electrons. The van der Waals surface area contributed by atoms with E-state index in [2.05, 4.69) is 206 Å². The van der Waals surface area contributed by atoms with E-state index in [0.29, 0.717) is 0 Å². The van der Waals surface area contributed by atoms with Crippen LogP contribution in [-0.4, -0.2) is 0 Å². The summed E-state index contributed by atoms with van der Waals surface area (Å²) >= 11 is 0. The van der Waals surface area contributed by atoms with Gasteiger partial charge >= 0.3 is 0 Å². The molecule has 2 heterocycles. The Morgan fingerprint density at radius 2 is 1.06 bits per heavy atom. The molecule has 52 heavy (non-hydrogen) atoms. The first-order chi connectivity index (χ1) is 25.6. The lowest BCUT2D eigenvalue weighted by atomic mass is 9.72. The summed E-state index contributed by atoms with van der Waals surface area (Å²) in [7, 11) is 0. The summed E-state index contributed by atoms with van der Waals surface area (Å²) in [5.41, 5.74) is 13.7. The first-order valence-electron chi connectivity index (χ1n) is 17.9. The average molecular weight is 669 g/mol. The van der Waals surface area contributed by atoms with Crippen molar-refractivity contribution in [3.63, 3.8) is 0 Å². The van der Waals surface area contributed by atoms with E-state index < -0.39 is 0 Å². The molecule has 3 nitrogen and oxygen atoms in total. The number of para-hydroxylation sites is 2. The molecule has 0 aromatic heterocycles. The minimum Gasteiger partial charge on any atom is -0.452 e. The second-order valence-electron chi connectivity index (χ2n) is 14.2. The van der Waals surface area contributed by atoms with Crippen LogP contribution < -0.4 is 14.5 Å². The molecule has 0 aliphatic carbocycles. The van der Waals surface area contributed by atoms with E-state index in [-0.39, 0.29) is 5.41 Å². The highest BCUT2D eigenvalue weighted by atomic mass is 16.5. The van der Waals surface area contributed by atoms with Crippen LogP contribution in [-0.2, 0) is 5.41 Å². The van der Waals surface area contributed by atoms with Gasteiger partial charge in [-0.05, 0) is 81.7 Å². The Bertz CT molecular complexity index is 2610. The predicted molar refractivity (Wildman–Crippen MR) is 216 cm³/mol. The second-order valence-corrected chi connectivity index (χ2v) is 14.2. The topological polar surface area (TPSA) is 15.7 Å². The van der Waals surface area contributed by atoms with E-state index in [4.69, 9.17) is 4.74 Å². The van der Waals surface area contributed by atoms with Gasteiger partial charge in [-0.25, -0.2) is 0 Å². The first-order valence-corrected chi connectivity index (χ1v) is 17.9. The summed E-state index contributed by atoms with van der Waals surface area (Å²) in [6.45, 7) is 4.66. The van der Waals surface area contributed by atoms with Gasteiger partial charge in [0.15, 0.2) is 11.5 Å². The second kappa shape index (κ2) is 11.8. The van der Waals surface area contributed by atoms with E-state index in [1.807, 2.05) is 0 Å². The molecule has 0 saturated carbocycles. The van der Waals surface area contributed by atoms with E-state index in [0.717, 1.165) is 51.1 Å². The van der Waals surface area contributed by atoms with Gasteiger partial charge in [-0.1, -0.05) is 147 Å². The van der Waals surface area contributed by atoms with Gasteiger partial charge in [0.25, 0.3) is 0 Å². The minimum absolute atomic E-state index is 0.211. The number of nitrogens with zero attached hydrogens (tertiary/aromatic N) is 2. The summed E-state index contributed by atoms with van der Waals surface area (Å²) in [6, 6.07) is 65.1. The van der Waals surface area contributed by atoms with Gasteiger partial charge < -0.3 is 14.5 Å². The number of fused-ring (bicyclic) bond motifs is 6. The van der Waals surface area contributed by atoms with E-state index in [1.54, 1.807) is 0 Å². The monoisotopic (exact) mass is 668 g/mol. The number of rotatable bonds is 5. The summed E-state index contributed by atoms with van der Waals surface area (Å²) < 4.78 is 7.04. The Balaban J connectivity index is 1.10. The molecule has 2 aliphatic rings. The maximum atomic E-state index is 7.04. The Labute approximate surface area is 304 Å². The number of anilines is 6. The van der Waals surface area contributed by atoms with Crippen molar-refractivity contribution in [2.75, 3.05) is 9.80 Å². The summed E-state index contributed by atoms with van der Waals surface area (Å²) in [4.78, 5) is 4.77. The molecule has 2 aliphatic heterocycles. The first kappa shape index (κ1) is 30.3. The molecule has 0 unspecified atom stereocenters. The van der Waals surface area contributed by atoms with Crippen LogP contribution in [0.1, 0.15) is 25.0 Å². The molecule has 8 aromatic carbocycles. The molecule has 0 atom stereocenters. The molecule has 0 N–H and O–H groups in total.